The molecule has 364 valence electrons. The van der Waals surface area contributed by atoms with Gasteiger partial charge in [-0.25, -0.2) is 14.8 Å². The molecule has 0 radical (unpaired) electrons. The molecule has 1 N–H and O–H groups in total. The van der Waals surface area contributed by atoms with Gasteiger partial charge in [0.15, 0.2) is 5.60 Å². The van der Waals surface area contributed by atoms with Crippen LogP contribution in [0.3, 0.4) is 0 Å². The monoisotopic (exact) mass is 954 g/mol. The van der Waals surface area contributed by atoms with Crippen LogP contribution in [0.4, 0.5) is 17.5 Å². The second-order valence-corrected chi connectivity index (χ2v) is 19.8. The number of aryl methyl sites for hydroxylation is 2. The lowest BCUT2D eigenvalue weighted by atomic mass is 9.86. The summed E-state index contributed by atoms with van der Waals surface area (Å²) in [5.41, 5.74) is 6.96. The van der Waals surface area contributed by atoms with E-state index in [0.717, 1.165) is 59.6 Å². The zero-order chi connectivity index (χ0) is 49.5. The fourth-order valence-electron chi connectivity index (χ4n) is 11.4. The minimum Gasteiger partial charge on any atom is -0.489 e. The average Bonchev–Trinajstić information content (AvgIpc) is 3.73. The molecule has 71 heavy (non-hydrogen) atoms. The Morgan fingerprint density at radius 3 is 2.52 bits per heavy atom. The van der Waals surface area contributed by atoms with Crippen LogP contribution < -0.4 is 25.0 Å². The fourth-order valence-corrected chi connectivity index (χ4v) is 11.4. The Kier molecular flexibility index (Phi) is 11.5. The number of hydrogen-bond acceptors (Lipinski definition) is 14. The molecule has 5 aliphatic rings. The molecular formula is C55H58N10O6. The summed E-state index contributed by atoms with van der Waals surface area (Å²) in [6, 6.07) is 22.6. The molecule has 1 amide bonds. The predicted molar refractivity (Wildman–Crippen MR) is 272 cm³/mol. The number of ether oxygens (including phenoxy) is 2. The number of aliphatic hydroxyl groups is 1. The molecule has 0 aliphatic carbocycles. The number of piperazine rings is 1. The van der Waals surface area contributed by atoms with Gasteiger partial charge in [-0.3, -0.25) is 9.59 Å². The third-order valence-corrected chi connectivity index (χ3v) is 15.6. The summed E-state index contributed by atoms with van der Waals surface area (Å²) in [7, 11) is 4.20. The van der Waals surface area contributed by atoms with Gasteiger partial charge >= 0.3 is 5.97 Å². The van der Waals surface area contributed by atoms with Crippen LogP contribution in [-0.4, -0.2) is 118 Å². The molecule has 2 atom stereocenters. The van der Waals surface area contributed by atoms with Gasteiger partial charge in [-0.1, -0.05) is 50.8 Å². The van der Waals surface area contributed by atoms with E-state index in [1.165, 1.54) is 22.0 Å². The highest BCUT2D eigenvalue weighted by Crippen LogP contribution is 2.42. The highest BCUT2D eigenvalue weighted by Gasteiger charge is 2.46. The largest absolute Gasteiger partial charge is 0.489 e. The SMILES string of the molecule is C=C(COc1ccc2nc3c(c(CC)c2c1)Cn1c-3cc2c(c1=O)COC(=O)[C@]2(O)CC)C(=O)N1CCN(c2nc(N3CC(N(C)C)C3)nc3c2CCN(c2cccc4cccc(C)c24)C3)C[C@@H]1CC#N. The van der Waals surface area contributed by atoms with E-state index in [1.807, 2.05) is 19.1 Å². The van der Waals surface area contributed by atoms with Crippen molar-refractivity contribution in [3.8, 4) is 23.2 Å². The topological polar surface area (TPSA) is 173 Å². The number of nitrogens with zero attached hydrogens (tertiary/aromatic N) is 10. The second-order valence-electron chi connectivity index (χ2n) is 19.8. The Balaban J connectivity index is 0.815. The predicted octanol–water partition coefficient (Wildman–Crippen LogP) is 5.77. The number of fused-ring (bicyclic) bond motifs is 7. The number of benzene rings is 3. The number of pyridine rings is 2. The average molecular weight is 955 g/mol. The van der Waals surface area contributed by atoms with Crippen molar-refractivity contribution < 1.29 is 24.2 Å². The van der Waals surface area contributed by atoms with Crippen LogP contribution in [0.5, 0.6) is 5.75 Å². The van der Waals surface area contributed by atoms with Crippen molar-refractivity contribution in [3.05, 3.63) is 122 Å². The van der Waals surface area contributed by atoms with Crippen molar-refractivity contribution in [2.75, 3.05) is 74.7 Å². The molecule has 0 spiro atoms. The smallest absolute Gasteiger partial charge is 0.343 e. The quantitative estimate of drug-likeness (QED) is 0.122. The molecule has 6 aromatic rings. The van der Waals surface area contributed by atoms with Crippen molar-refractivity contribution in [2.24, 2.45) is 0 Å². The van der Waals surface area contributed by atoms with Gasteiger partial charge in [0.25, 0.3) is 11.5 Å². The van der Waals surface area contributed by atoms with E-state index < -0.39 is 17.6 Å². The number of hydrogen-bond donors (Lipinski definition) is 1. The molecule has 3 aromatic carbocycles. The summed E-state index contributed by atoms with van der Waals surface area (Å²) in [4.78, 5) is 67.3. The van der Waals surface area contributed by atoms with E-state index in [-0.39, 0.29) is 60.8 Å². The van der Waals surface area contributed by atoms with Crippen LogP contribution in [0, 0.1) is 18.3 Å². The van der Waals surface area contributed by atoms with Gasteiger partial charge in [-0.05, 0) is 87.1 Å². The molecule has 5 aliphatic heterocycles. The minimum absolute atomic E-state index is 0.0591. The first kappa shape index (κ1) is 46.1. The highest BCUT2D eigenvalue weighted by atomic mass is 16.6. The number of carbonyl (C=O) groups excluding carboxylic acids is 2. The van der Waals surface area contributed by atoms with Crippen LogP contribution in [0.25, 0.3) is 33.1 Å². The lowest BCUT2D eigenvalue weighted by molar-refractivity contribution is -0.172. The van der Waals surface area contributed by atoms with E-state index in [1.54, 1.807) is 28.5 Å². The van der Waals surface area contributed by atoms with Crippen molar-refractivity contribution in [3.63, 3.8) is 0 Å². The zero-order valence-electron chi connectivity index (χ0n) is 41.0. The molecule has 3 aromatic heterocycles. The van der Waals surface area contributed by atoms with Crippen molar-refractivity contribution in [2.45, 2.75) is 83.8 Å². The first-order valence-corrected chi connectivity index (χ1v) is 24.7. The van der Waals surface area contributed by atoms with Gasteiger partial charge in [0.2, 0.25) is 5.95 Å². The van der Waals surface area contributed by atoms with Crippen molar-refractivity contribution >= 4 is 51.0 Å². The molecule has 8 heterocycles. The Morgan fingerprint density at radius 2 is 1.76 bits per heavy atom. The van der Waals surface area contributed by atoms with E-state index in [2.05, 4.69) is 89.7 Å². The maximum Gasteiger partial charge on any atom is 0.343 e. The van der Waals surface area contributed by atoms with Gasteiger partial charge in [-0.15, -0.1) is 0 Å². The van der Waals surface area contributed by atoms with Gasteiger partial charge in [0.1, 0.15) is 24.8 Å². The van der Waals surface area contributed by atoms with Gasteiger partial charge in [-0.2, -0.15) is 10.2 Å². The molecule has 0 saturated carbocycles. The summed E-state index contributed by atoms with van der Waals surface area (Å²) in [6.07, 6.45) is 1.61. The van der Waals surface area contributed by atoms with Crippen LogP contribution >= 0.6 is 0 Å². The Labute approximate surface area is 412 Å². The van der Waals surface area contributed by atoms with E-state index in [4.69, 9.17) is 24.4 Å². The standard InChI is InChI=1S/C55H58N10O6/c1-7-38-40-23-37(15-16-44(40)57-49-41(38)28-65-47(49)24-43-42(52(65)67)31-71-53(68)55(43,69)8-2)70-30-33(4)51(66)64-22-21-62(25-35(64)17-19-56)50-39-18-20-61(46-14-10-13-34-12-9-11-32(3)48(34)46)29-45(39)58-54(59-50)63-26-36(27-63)60(5)6/h9-16,23-24,35-36,69H,4,7-8,17-18,20-22,25-31H2,1-3,5-6H3/t35-,55-/m0/s1. The molecule has 2 saturated heterocycles. The van der Waals surface area contributed by atoms with E-state index >= 15 is 0 Å². The number of likely N-dealkylation sites (N-methyl/N-ethyl adjacent to an activating group) is 1. The number of cyclic esters (lactones) is 1. The molecule has 2 fully saturated rings. The molecule has 0 unspecified atom stereocenters. The summed E-state index contributed by atoms with van der Waals surface area (Å²) in [5.74, 6) is 1.12. The minimum atomic E-state index is -1.91. The van der Waals surface area contributed by atoms with E-state index in [9.17, 15) is 24.8 Å². The Morgan fingerprint density at radius 1 is 0.958 bits per heavy atom. The van der Waals surface area contributed by atoms with Gasteiger partial charge in [0.05, 0.1) is 59.8 Å². The van der Waals surface area contributed by atoms with Crippen LogP contribution in [0.1, 0.15) is 65.8 Å². The maximum absolute atomic E-state index is 14.3. The second kappa shape index (κ2) is 17.8. The Bertz CT molecular complexity index is 3310. The zero-order valence-corrected chi connectivity index (χ0v) is 41.0. The van der Waals surface area contributed by atoms with Gasteiger partial charge < -0.3 is 43.6 Å². The molecule has 11 rings (SSSR count). The molecule has 16 nitrogen and oxygen atoms in total. The van der Waals surface area contributed by atoms with Gasteiger partial charge in [0, 0.05) is 84.0 Å². The maximum atomic E-state index is 14.3. The van der Waals surface area contributed by atoms with Crippen LogP contribution in [-0.2, 0) is 52.5 Å². The van der Waals surface area contributed by atoms with Crippen LogP contribution in [0.15, 0.2) is 77.6 Å². The number of amides is 1. The number of nitriles is 1. The molecule has 0 bridgehead atoms. The summed E-state index contributed by atoms with van der Waals surface area (Å²) in [5, 5.41) is 24.8. The number of aromatic nitrogens is 4. The third-order valence-electron chi connectivity index (χ3n) is 15.6. The van der Waals surface area contributed by atoms with Crippen molar-refractivity contribution in [1.29, 1.82) is 5.26 Å². The van der Waals surface area contributed by atoms with Crippen LogP contribution in [0.2, 0.25) is 0 Å². The Hall–Kier alpha value is -7.35. The molecule has 16 heteroatoms. The molecular weight excluding hydrogens is 897 g/mol. The number of carbonyl (C=O) groups is 2. The normalized spacial score (nSPS) is 19.5. The lowest BCUT2D eigenvalue weighted by Gasteiger charge is -2.45. The van der Waals surface area contributed by atoms with E-state index in [0.29, 0.717) is 67.2 Å². The summed E-state index contributed by atoms with van der Waals surface area (Å²) < 4.78 is 13.2. The van der Waals surface area contributed by atoms with Crippen molar-refractivity contribution in [1.82, 2.24) is 29.3 Å². The third kappa shape index (κ3) is 7.64. The number of rotatable bonds is 11. The number of anilines is 3. The summed E-state index contributed by atoms with van der Waals surface area (Å²) in [6.45, 7) is 14.6. The fraction of sp³-hybridized carbons (Fsp3) is 0.400. The highest BCUT2D eigenvalue weighted by molar-refractivity contribution is 5.97. The summed E-state index contributed by atoms with van der Waals surface area (Å²) >= 11 is 0. The first-order valence-electron chi connectivity index (χ1n) is 24.7. The number of esters is 1. The lowest BCUT2D eigenvalue weighted by Crippen LogP contribution is -2.58. The first-order chi connectivity index (χ1) is 34.3.